The van der Waals surface area contributed by atoms with Crippen LogP contribution in [0.15, 0.2) is 41.3 Å². The second-order valence-corrected chi connectivity index (χ2v) is 17.5. The third-order valence-electron chi connectivity index (χ3n) is 9.79. The van der Waals surface area contributed by atoms with E-state index in [2.05, 4.69) is 39.7 Å². The average Bonchev–Trinajstić information content (AvgIpc) is 3.56. The van der Waals surface area contributed by atoms with Crippen molar-refractivity contribution in [1.29, 1.82) is 0 Å². The standard InChI is InChI=1S/C38H56N8O7/c1-35(2,3)52-33(50)41-37(7,8)29-26-22-43(23-27(26)29)21-24-11-13-25(14-12-24)46-16-15-28(40-32(46)49)39-31(48)45-19-17-44(18-20-45)30(47)38(9,10)42-34(51)53-36(4,5)6/h11-16,26-27,29H,17-23H2,1-10H3,(H,41,50)(H,42,51)(H,39,40,48,49). The van der Waals surface area contributed by atoms with Crippen molar-refractivity contribution in [3.05, 3.63) is 52.6 Å². The first kappa shape index (κ1) is 39.5. The lowest BCUT2D eigenvalue weighted by molar-refractivity contribution is -0.138. The summed E-state index contributed by atoms with van der Waals surface area (Å²) in [5, 5.41) is 8.40. The minimum absolute atomic E-state index is 0.129. The second kappa shape index (κ2) is 14.6. The van der Waals surface area contributed by atoms with Gasteiger partial charge in [-0.2, -0.15) is 4.98 Å². The molecule has 15 nitrogen and oxygen atoms in total. The van der Waals surface area contributed by atoms with E-state index in [0.29, 0.717) is 23.4 Å². The monoisotopic (exact) mass is 736 g/mol. The van der Waals surface area contributed by atoms with E-state index in [0.717, 1.165) is 25.2 Å². The van der Waals surface area contributed by atoms with Gasteiger partial charge in [-0.05, 0) is 111 Å². The van der Waals surface area contributed by atoms with Crippen molar-refractivity contribution in [3.63, 3.8) is 0 Å². The highest BCUT2D eigenvalue weighted by atomic mass is 16.6. The summed E-state index contributed by atoms with van der Waals surface area (Å²) in [6.45, 7) is 22.0. The Morgan fingerprint density at radius 2 is 1.28 bits per heavy atom. The number of piperidine rings is 1. The van der Waals surface area contributed by atoms with Crippen LogP contribution in [0.2, 0.25) is 0 Å². The Labute approximate surface area is 311 Å². The fourth-order valence-corrected chi connectivity index (χ4v) is 7.46. The topological polar surface area (TPSA) is 167 Å². The molecule has 3 aliphatic rings. The molecule has 0 spiro atoms. The SMILES string of the molecule is CC(C)(C)OC(=O)NC(C)(C)C(=O)N1CCN(C(=O)Nc2ccn(-c3ccc(CN4CC5C(C4)C5C(C)(C)NC(=O)OC(C)(C)C)cc3)c(=O)n2)CC1. The number of rotatable bonds is 8. The summed E-state index contributed by atoms with van der Waals surface area (Å²) in [7, 11) is 0. The molecule has 5 rings (SSSR count). The Balaban J connectivity index is 1.07. The molecule has 2 aliphatic heterocycles. The average molecular weight is 737 g/mol. The molecule has 3 N–H and O–H groups in total. The molecular weight excluding hydrogens is 680 g/mol. The molecule has 2 atom stereocenters. The van der Waals surface area contributed by atoms with Crippen molar-refractivity contribution >= 4 is 29.9 Å². The molecule has 0 radical (unpaired) electrons. The van der Waals surface area contributed by atoms with Gasteiger partial charge in [-0.25, -0.2) is 19.2 Å². The number of nitrogens with one attached hydrogen (secondary N) is 3. The van der Waals surface area contributed by atoms with E-state index in [1.165, 1.54) is 4.57 Å². The summed E-state index contributed by atoms with van der Waals surface area (Å²) in [5.41, 5.74) is -1.50. The summed E-state index contributed by atoms with van der Waals surface area (Å²) < 4.78 is 12.2. The summed E-state index contributed by atoms with van der Waals surface area (Å²) >= 11 is 0. The van der Waals surface area contributed by atoms with Crippen LogP contribution in [0, 0.1) is 17.8 Å². The highest BCUT2D eigenvalue weighted by Gasteiger charge is 2.61. The molecule has 1 aromatic heterocycles. The van der Waals surface area contributed by atoms with E-state index in [1.807, 2.05) is 45.0 Å². The van der Waals surface area contributed by atoms with Crippen LogP contribution in [0.4, 0.5) is 20.2 Å². The molecule has 2 unspecified atom stereocenters. The van der Waals surface area contributed by atoms with Gasteiger partial charge in [0.1, 0.15) is 22.6 Å². The first-order valence-electron chi connectivity index (χ1n) is 18.3. The number of carbonyl (C=O) groups is 4. The molecular formula is C38H56N8O7. The molecule has 3 heterocycles. The molecule has 5 amide bonds. The van der Waals surface area contributed by atoms with Crippen molar-refractivity contribution in [3.8, 4) is 5.69 Å². The third-order valence-corrected chi connectivity index (χ3v) is 9.79. The molecule has 1 aliphatic carbocycles. The number of fused-ring (bicyclic) bond motifs is 1. The van der Waals surface area contributed by atoms with Gasteiger partial charge < -0.3 is 29.9 Å². The molecule has 0 bridgehead atoms. The first-order valence-corrected chi connectivity index (χ1v) is 18.3. The van der Waals surface area contributed by atoms with Gasteiger partial charge in [0.15, 0.2) is 0 Å². The van der Waals surface area contributed by atoms with E-state index < -0.39 is 34.6 Å². The summed E-state index contributed by atoms with van der Waals surface area (Å²) in [4.78, 5) is 73.4. The predicted molar refractivity (Wildman–Crippen MR) is 200 cm³/mol. The van der Waals surface area contributed by atoms with Crippen LogP contribution in [0.3, 0.4) is 0 Å². The zero-order chi connectivity index (χ0) is 39.1. The number of anilines is 1. The Morgan fingerprint density at radius 1 is 0.755 bits per heavy atom. The highest BCUT2D eigenvalue weighted by molar-refractivity contribution is 5.90. The number of likely N-dealkylation sites (tertiary alicyclic amines) is 1. The second-order valence-electron chi connectivity index (χ2n) is 17.5. The van der Waals surface area contributed by atoms with E-state index in [4.69, 9.17) is 9.47 Å². The molecule has 15 heteroatoms. The summed E-state index contributed by atoms with van der Waals surface area (Å²) in [6.07, 6.45) is 0.523. The van der Waals surface area contributed by atoms with Gasteiger partial charge in [0.2, 0.25) is 5.91 Å². The largest absolute Gasteiger partial charge is 0.444 e. The van der Waals surface area contributed by atoms with Gasteiger partial charge in [-0.3, -0.25) is 19.6 Å². The van der Waals surface area contributed by atoms with Gasteiger partial charge in [0, 0.05) is 57.5 Å². The molecule has 53 heavy (non-hydrogen) atoms. The van der Waals surface area contributed by atoms with Crippen LogP contribution in [0.25, 0.3) is 5.69 Å². The first-order chi connectivity index (χ1) is 24.5. The smallest absolute Gasteiger partial charge is 0.408 e. The van der Waals surface area contributed by atoms with Gasteiger partial charge >= 0.3 is 23.9 Å². The zero-order valence-corrected chi connectivity index (χ0v) is 32.7. The van der Waals surface area contributed by atoms with Crippen LogP contribution in [0.5, 0.6) is 0 Å². The van der Waals surface area contributed by atoms with Crippen molar-refractivity contribution < 1.29 is 28.7 Å². The quantitative estimate of drug-likeness (QED) is 0.360. The molecule has 290 valence electrons. The Hall–Kier alpha value is -4.66. The lowest BCUT2D eigenvalue weighted by Crippen LogP contribution is -2.60. The van der Waals surface area contributed by atoms with Gasteiger partial charge in [-0.15, -0.1) is 0 Å². The number of piperazine rings is 1. The predicted octanol–water partition coefficient (Wildman–Crippen LogP) is 4.19. The van der Waals surface area contributed by atoms with E-state index in [9.17, 15) is 24.0 Å². The number of hydrogen-bond acceptors (Lipinski definition) is 9. The van der Waals surface area contributed by atoms with Gasteiger partial charge in [0.05, 0.1) is 5.69 Å². The van der Waals surface area contributed by atoms with Crippen molar-refractivity contribution in [2.75, 3.05) is 44.6 Å². The molecule has 3 fully saturated rings. The number of ether oxygens (including phenoxy) is 2. The van der Waals surface area contributed by atoms with Crippen molar-refractivity contribution in [1.82, 2.24) is 34.9 Å². The van der Waals surface area contributed by atoms with E-state index in [1.54, 1.807) is 56.7 Å². The van der Waals surface area contributed by atoms with Crippen molar-refractivity contribution in [2.45, 2.75) is 98.1 Å². The fourth-order valence-electron chi connectivity index (χ4n) is 7.46. The third kappa shape index (κ3) is 10.1. The van der Waals surface area contributed by atoms with Crippen LogP contribution in [-0.2, 0) is 20.8 Å². The normalized spacial score (nSPS) is 20.7. The number of benzene rings is 1. The number of nitrogens with zero attached hydrogens (tertiary/aromatic N) is 5. The zero-order valence-electron chi connectivity index (χ0n) is 32.7. The van der Waals surface area contributed by atoms with Crippen LogP contribution < -0.4 is 21.6 Å². The number of urea groups is 1. The fraction of sp³-hybridized carbons (Fsp3) is 0.632. The van der Waals surface area contributed by atoms with Crippen LogP contribution in [0.1, 0.15) is 74.8 Å². The molecule has 2 saturated heterocycles. The van der Waals surface area contributed by atoms with Gasteiger partial charge in [-0.1, -0.05) is 12.1 Å². The number of carbonyl (C=O) groups excluding carboxylic acids is 4. The molecule has 2 aromatic rings. The van der Waals surface area contributed by atoms with Gasteiger partial charge in [0.25, 0.3) is 0 Å². The molecule has 1 aromatic carbocycles. The maximum Gasteiger partial charge on any atom is 0.408 e. The summed E-state index contributed by atoms with van der Waals surface area (Å²) in [6, 6.07) is 8.93. The number of amides is 5. The number of alkyl carbamates (subject to hydrolysis) is 2. The minimum Gasteiger partial charge on any atom is -0.444 e. The Morgan fingerprint density at radius 3 is 1.81 bits per heavy atom. The minimum atomic E-state index is -1.19. The Kier molecular flexibility index (Phi) is 10.9. The van der Waals surface area contributed by atoms with E-state index in [-0.39, 0.29) is 49.5 Å². The maximum atomic E-state index is 13.2. The summed E-state index contributed by atoms with van der Waals surface area (Å²) in [5.74, 6) is 1.32. The van der Waals surface area contributed by atoms with Crippen LogP contribution in [-0.4, -0.2) is 110 Å². The Bertz CT molecular complexity index is 1740. The lowest BCUT2D eigenvalue weighted by Gasteiger charge is -2.38. The number of hydrogen-bond donors (Lipinski definition) is 3. The van der Waals surface area contributed by atoms with E-state index >= 15 is 0 Å². The highest BCUT2D eigenvalue weighted by Crippen LogP contribution is 2.57. The van der Waals surface area contributed by atoms with Crippen LogP contribution >= 0.6 is 0 Å². The maximum absolute atomic E-state index is 13.2. The molecule has 1 saturated carbocycles. The number of aromatic nitrogens is 2. The van der Waals surface area contributed by atoms with Crippen molar-refractivity contribution in [2.24, 2.45) is 17.8 Å². The lowest BCUT2D eigenvalue weighted by atomic mass is 9.94.